The number of hydrogen-bond donors (Lipinski definition) is 0. The zero-order valence-corrected chi connectivity index (χ0v) is 16.9. The summed E-state index contributed by atoms with van der Waals surface area (Å²) in [6.45, 7) is 11.4. The summed E-state index contributed by atoms with van der Waals surface area (Å²) < 4.78 is 5.45. The zero-order chi connectivity index (χ0) is 20.7. The Morgan fingerprint density at radius 3 is 2.07 bits per heavy atom. The normalized spacial score (nSPS) is 11.0. The van der Waals surface area contributed by atoms with Crippen LogP contribution in [0.4, 0.5) is 4.79 Å². The molecule has 0 saturated carbocycles. The van der Waals surface area contributed by atoms with Crippen LogP contribution < -0.4 is 0 Å². The number of ketones is 1. The van der Waals surface area contributed by atoms with Gasteiger partial charge in [0.15, 0.2) is 5.78 Å². The molecule has 0 aromatic heterocycles. The predicted octanol–water partition coefficient (Wildman–Crippen LogP) is 5.27. The lowest BCUT2D eigenvalue weighted by atomic mass is 10.0. The van der Waals surface area contributed by atoms with Crippen molar-refractivity contribution >= 4 is 17.4 Å². The van der Waals surface area contributed by atoms with Crippen molar-refractivity contribution in [3.05, 3.63) is 77.9 Å². The first-order chi connectivity index (χ1) is 13.2. The van der Waals surface area contributed by atoms with E-state index in [1.807, 2.05) is 42.5 Å². The third-order valence-corrected chi connectivity index (χ3v) is 3.86. The molecule has 0 aliphatic rings. The smallest absolute Gasteiger partial charge is 0.434 e. The van der Waals surface area contributed by atoms with E-state index in [0.717, 1.165) is 11.1 Å². The van der Waals surface area contributed by atoms with Gasteiger partial charge >= 0.3 is 6.09 Å². The molecule has 2 aromatic carbocycles. The SMILES string of the molecule is C=C(CN(OCc1ccccc1)C(=O)OC(C)(C)C)c1ccc(C(C)=O)cc1. The van der Waals surface area contributed by atoms with Gasteiger partial charge < -0.3 is 4.74 Å². The molecule has 0 bridgehead atoms. The van der Waals surface area contributed by atoms with Gasteiger partial charge in [0.2, 0.25) is 0 Å². The largest absolute Gasteiger partial charge is 0.442 e. The molecule has 0 aliphatic heterocycles. The molecule has 0 unspecified atom stereocenters. The molecular formula is C23H27NO4. The number of Topliss-reactive ketones (excluding diaryl/α,β-unsaturated/α-hetero) is 1. The summed E-state index contributed by atoms with van der Waals surface area (Å²) in [5.41, 5.74) is 2.42. The highest BCUT2D eigenvalue weighted by molar-refractivity contribution is 5.94. The summed E-state index contributed by atoms with van der Waals surface area (Å²) in [5, 5.41) is 1.18. The number of benzene rings is 2. The van der Waals surface area contributed by atoms with Gasteiger partial charge in [-0.2, -0.15) is 5.06 Å². The van der Waals surface area contributed by atoms with Crippen LogP contribution in [-0.4, -0.2) is 29.1 Å². The van der Waals surface area contributed by atoms with E-state index in [-0.39, 0.29) is 18.9 Å². The topological polar surface area (TPSA) is 55.8 Å². The monoisotopic (exact) mass is 381 g/mol. The van der Waals surface area contributed by atoms with Gasteiger partial charge in [-0.3, -0.25) is 9.63 Å². The lowest BCUT2D eigenvalue weighted by Crippen LogP contribution is -2.37. The first-order valence-corrected chi connectivity index (χ1v) is 9.12. The Labute approximate surface area is 166 Å². The number of ether oxygens (including phenoxy) is 1. The molecule has 148 valence electrons. The number of hydroxylamine groups is 2. The average Bonchev–Trinajstić information content (AvgIpc) is 2.64. The van der Waals surface area contributed by atoms with E-state index < -0.39 is 11.7 Å². The van der Waals surface area contributed by atoms with Crippen molar-refractivity contribution in [3.8, 4) is 0 Å². The molecule has 2 aromatic rings. The van der Waals surface area contributed by atoms with Crippen LogP contribution in [0.15, 0.2) is 61.2 Å². The van der Waals surface area contributed by atoms with Gasteiger partial charge in [-0.25, -0.2) is 4.79 Å². The molecule has 0 fully saturated rings. The van der Waals surface area contributed by atoms with Crippen molar-refractivity contribution in [1.29, 1.82) is 0 Å². The van der Waals surface area contributed by atoms with Crippen LogP contribution in [0.25, 0.3) is 5.57 Å². The fraction of sp³-hybridized carbons (Fsp3) is 0.304. The van der Waals surface area contributed by atoms with Crippen molar-refractivity contribution < 1.29 is 19.2 Å². The summed E-state index contributed by atoms with van der Waals surface area (Å²) in [6, 6.07) is 16.7. The summed E-state index contributed by atoms with van der Waals surface area (Å²) in [4.78, 5) is 29.8. The standard InChI is InChI=1S/C23H27NO4/c1-17(20-11-13-21(14-12-20)18(2)25)15-24(22(26)28-23(3,4)5)27-16-19-9-7-6-8-10-19/h6-14H,1,15-16H2,2-5H3. The minimum absolute atomic E-state index is 0.00117. The molecule has 0 N–H and O–H groups in total. The van der Waals surface area contributed by atoms with Crippen molar-refractivity contribution in [3.63, 3.8) is 0 Å². The van der Waals surface area contributed by atoms with Gasteiger partial charge in [-0.1, -0.05) is 61.2 Å². The van der Waals surface area contributed by atoms with Gasteiger partial charge in [0.25, 0.3) is 0 Å². The van der Waals surface area contributed by atoms with Gasteiger partial charge in [-0.15, -0.1) is 0 Å². The van der Waals surface area contributed by atoms with Crippen LogP contribution in [0.2, 0.25) is 0 Å². The molecule has 1 amide bonds. The van der Waals surface area contributed by atoms with Crippen LogP contribution in [0.5, 0.6) is 0 Å². The van der Waals surface area contributed by atoms with Crippen molar-refractivity contribution in [2.45, 2.75) is 39.9 Å². The van der Waals surface area contributed by atoms with E-state index in [9.17, 15) is 9.59 Å². The molecule has 28 heavy (non-hydrogen) atoms. The molecule has 5 nitrogen and oxygen atoms in total. The molecule has 0 saturated heterocycles. The second-order valence-corrected chi connectivity index (χ2v) is 7.51. The zero-order valence-electron chi connectivity index (χ0n) is 16.9. The van der Waals surface area contributed by atoms with Crippen LogP contribution in [0.1, 0.15) is 49.2 Å². The third-order valence-electron chi connectivity index (χ3n) is 3.86. The Balaban J connectivity index is 2.11. The quantitative estimate of drug-likeness (QED) is 0.484. The highest BCUT2D eigenvalue weighted by Gasteiger charge is 2.24. The minimum Gasteiger partial charge on any atom is -0.442 e. The maximum absolute atomic E-state index is 12.6. The molecule has 0 radical (unpaired) electrons. The van der Waals surface area contributed by atoms with Crippen LogP contribution in [0.3, 0.4) is 0 Å². The van der Waals surface area contributed by atoms with E-state index in [1.54, 1.807) is 32.9 Å². The first kappa shape index (κ1) is 21.4. The summed E-state index contributed by atoms with van der Waals surface area (Å²) in [5.74, 6) is -0.00117. The Bertz CT molecular complexity index is 820. The van der Waals surface area contributed by atoms with Gasteiger partial charge in [0.05, 0.1) is 6.54 Å². The molecular weight excluding hydrogens is 354 g/mol. The number of rotatable bonds is 7. The van der Waals surface area contributed by atoms with E-state index in [1.165, 1.54) is 12.0 Å². The second kappa shape index (κ2) is 9.33. The van der Waals surface area contributed by atoms with Crippen molar-refractivity contribution in [2.75, 3.05) is 6.54 Å². The predicted molar refractivity (Wildman–Crippen MR) is 110 cm³/mol. The Morgan fingerprint density at radius 2 is 1.54 bits per heavy atom. The number of hydrogen-bond acceptors (Lipinski definition) is 4. The lowest BCUT2D eigenvalue weighted by molar-refractivity contribution is -0.148. The van der Waals surface area contributed by atoms with E-state index in [0.29, 0.717) is 11.1 Å². The second-order valence-electron chi connectivity index (χ2n) is 7.51. The van der Waals surface area contributed by atoms with Crippen LogP contribution >= 0.6 is 0 Å². The van der Waals surface area contributed by atoms with Crippen LogP contribution in [-0.2, 0) is 16.2 Å². The average molecular weight is 381 g/mol. The number of nitrogens with zero attached hydrogens (tertiary/aromatic N) is 1. The fourth-order valence-electron chi connectivity index (χ4n) is 2.41. The van der Waals surface area contributed by atoms with Gasteiger partial charge in [-0.05, 0) is 44.4 Å². The summed E-state index contributed by atoms with van der Waals surface area (Å²) >= 11 is 0. The summed E-state index contributed by atoms with van der Waals surface area (Å²) in [6.07, 6.45) is -0.579. The maximum Gasteiger partial charge on any atom is 0.434 e. The van der Waals surface area contributed by atoms with E-state index in [2.05, 4.69) is 6.58 Å². The lowest BCUT2D eigenvalue weighted by Gasteiger charge is -2.27. The van der Waals surface area contributed by atoms with E-state index >= 15 is 0 Å². The Morgan fingerprint density at radius 1 is 0.964 bits per heavy atom. The first-order valence-electron chi connectivity index (χ1n) is 9.12. The Kier molecular flexibility index (Phi) is 7.12. The number of amides is 1. The summed E-state index contributed by atoms with van der Waals surface area (Å²) in [7, 11) is 0. The van der Waals surface area contributed by atoms with Gasteiger partial charge in [0.1, 0.15) is 12.2 Å². The maximum atomic E-state index is 12.6. The number of carbonyl (C=O) groups is 2. The fourth-order valence-corrected chi connectivity index (χ4v) is 2.41. The molecule has 2 rings (SSSR count). The van der Waals surface area contributed by atoms with E-state index in [4.69, 9.17) is 9.57 Å². The number of carbonyl (C=O) groups excluding carboxylic acids is 2. The molecule has 5 heteroatoms. The molecule has 0 aliphatic carbocycles. The minimum atomic E-state index is -0.643. The highest BCUT2D eigenvalue weighted by Crippen LogP contribution is 2.18. The third kappa shape index (κ3) is 6.67. The van der Waals surface area contributed by atoms with Crippen molar-refractivity contribution in [2.24, 2.45) is 0 Å². The van der Waals surface area contributed by atoms with Crippen LogP contribution in [0, 0.1) is 0 Å². The molecule has 0 atom stereocenters. The highest BCUT2D eigenvalue weighted by atomic mass is 16.7. The Hall–Kier alpha value is -2.92. The molecule has 0 heterocycles. The van der Waals surface area contributed by atoms with Crippen molar-refractivity contribution in [1.82, 2.24) is 5.06 Å². The molecule has 0 spiro atoms. The van der Waals surface area contributed by atoms with Gasteiger partial charge in [0, 0.05) is 5.56 Å².